The average Bonchev–Trinajstić information content (AvgIpc) is 2.23. The number of halogens is 1. The van der Waals surface area contributed by atoms with Crippen LogP contribution in [0.2, 0.25) is 0 Å². The number of hydrogen-bond donors (Lipinski definition) is 2. The van der Waals surface area contributed by atoms with Gasteiger partial charge in [-0.25, -0.2) is 4.39 Å². The smallest absolute Gasteiger partial charge is 0.129 e. The van der Waals surface area contributed by atoms with E-state index in [1.807, 2.05) is 0 Å². The van der Waals surface area contributed by atoms with E-state index in [1.165, 1.54) is 6.07 Å². The van der Waals surface area contributed by atoms with Crippen molar-refractivity contribution in [3.63, 3.8) is 0 Å². The van der Waals surface area contributed by atoms with Crippen molar-refractivity contribution in [2.75, 3.05) is 20.2 Å². The maximum absolute atomic E-state index is 13.6. The first-order chi connectivity index (χ1) is 7.24. The Balaban J connectivity index is 2.42. The Morgan fingerprint density at radius 2 is 2.40 bits per heavy atom. The number of ether oxygens (including phenoxy) is 1. The van der Waals surface area contributed by atoms with E-state index in [1.54, 1.807) is 19.2 Å². The van der Waals surface area contributed by atoms with Crippen LogP contribution in [0.1, 0.15) is 23.3 Å². The lowest BCUT2D eigenvalue weighted by atomic mass is 9.95. The predicted octanol–water partition coefficient (Wildman–Crippen LogP) is 1.15. The predicted molar refractivity (Wildman–Crippen MR) is 54.0 cm³/mol. The zero-order valence-electron chi connectivity index (χ0n) is 8.53. The molecule has 15 heavy (non-hydrogen) atoms. The van der Waals surface area contributed by atoms with E-state index in [0.717, 1.165) is 0 Å². The Morgan fingerprint density at radius 1 is 1.60 bits per heavy atom. The van der Waals surface area contributed by atoms with E-state index in [9.17, 15) is 9.50 Å². The van der Waals surface area contributed by atoms with Crippen molar-refractivity contribution in [1.82, 2.24) is 5.32 Å². The van der Waals surface area contributed by atoms with E-state index in [0.29, 0.717) is 17.7 Å². The van der Waals surface area contributed by atoms with Crippen molar-refractivity contribution in [1.29, 1.82) is 0 Å². The third-order valence-electron chi connectivity index (χ3n) is 2.61. The number of benzene rings is 1. The van der Waals surface area contributed by atoms with Gasteiger partial charge in [-0.15, -0.1) is 0 Å². The fraction of sp³-hybridized carbons (Fsp3) is 0.455. The molecule has 0 unspecified atom stereocenters. The van der Waals surface area contributed by atoms with Gasteiger partial charge in [0.05, 0.1) is 12.7 Å². The van der Waals surface area contributed by atoms with Gasteiger partial charge in [0.25, 0.3) is 0 Å². The first-order valence-electron chi connectivity index (χ1n) is 4.96. The van der Waals surface area contributed by atoms with Crippen LogP contribution in [-0.2, 0) is 4.74 Å². The Hall–Kier alpha value is -0.970. The van der Waals surface area contributed by atoms with E-state index >= 15 is 0 Å². The van der Waals surface area contributed by atoms with Gasteiger partial charge in [0.2, 0.25) is 0 Å². The second kappa shape index (κ2) is 4.26. The molecule has 1 aromatic carbocycles. The number of aliphatic hydroxyl groups excluding tert-OH is 1. The summed E-state index contributed by atoms with van der Waals surface area (Å²) in [5, 5.41) is 12.6. The summed E-state index contributed by atoms with van der Waals surface area (Å²) in [7, 11) is 1.79. The van der Waals surface area contributed by atoms with Gasteiger partial charge in [-0.2, -0.15) is 0 Å². The van der Waals surface area contributed by atoms with Gasteiger partial charge in [0.1, 0.15) is 11.9 Å². The SMILES string of the molecule is CNC[C@H]1OC[C@@H](O)c2cccc(F)c21. The molecule has 0 radical (unpaired) electrons. The van der Waals surface area contributed by atoms with Crippen LogP contribution < -0.4 is 5.32 Å². The van der Waals surface area contributed by atoms with Crippen LogP contribution in [0.5, 0.6) is 0 Å². The Bertz CT molecular complexity index is 356. The largest absolute Gasteiger partial charge is 0.386 e. The third-order valence-corrected chi connectivity index (χ3v) is 2.61. The van der Waals surface area contributed by atoms with Crippen LogP contribution in [0.3, 0.4) is 0 Å². The zero-order valence-corrected chi connectivity index (χ0v) is 8.53. The summed E-state index contributed by atoms with van der Waals surface area (Å²) < 4.78 is 19.0. The lowest BCUT2D eigenvalue weighted by molar-refractivity contribution is -0.0308. The third kappa shape index (κ3) is 1.88. The van der Waals surface area contributed by atoms with Crippen LogP contribution >= 0.6 is 0 Å². The van der Waals surface area contributed by atoms with Gasteiger partial charge in [-0.3, -0.25) is 0 Å². The fourth-order valence-corrected chi connectivity index (χ4v) is 1.91. The Morgan fingerprint density at radius 3 is 3.13 bits per heavy atom. The molecule has 2 atom stereocenters. The van der Waals surface area contributed by atoms with Crippen molar-refractivity contribution in [2.24, 2.45) is 0 Å². The van der Waals surface area contributed by atoms with Crippen molar-refractivity contribution < 1.29 is 14.2 Å². The van der Waals surface area contributed by atoms with Gasteiger partial charge >= 0.3 is 0 Å². The highest BCUT2D eigenvalue weighted by atomic mass is 19.1. The van der Waals surface area contributed by atoms with Crippen molar-refractivity contribution in [3.05, 3.63) is 35.1 Å². The minimum atomic E-state index is -0.719. The molecule has 1 aliphatic rings. The van der Waals surface area contributed by atoms with Crippen LogP contribution in [0.15, 0.2) is 18.2 Å². The number of aliphatic hydroxyl groups is 1. The molecule has 0 aliphatic carbocycles. The number of rotatable bonds is 2. The molecule has 0 fully saturated rings. The molecule has 1 aliphatic heterocycles. The molecule has 82 valence electrons. The lowest BCUT2D eigenvalue weighted by Crippen LogP contribution is -2.28. The standard InChI is InChI=1S/C11H14FNO2/c1-13-5-10-11-7(9(14)6-15-10)3-2-4-8(11)12/h2-4,9-10,13-14H,5-6H2,1H3/t9-,10-/m1/s1. The second-order valence-corrected chi connectivity index (χ2v) is 3.64. The highest BCUT2D eigenvalue weighted by Gasteiger charge is 2.28. The molecular weight excluding hydrogens is 197 g/mol. The monoisotopic (exact) mass is 211 g/mol. The van der Waals surface area contributed by atoms with Crippen LogP contribution in [0.25, 0.3) is 0 Å². The van der Waals surface area contributed by atoms with Crippen molar-refractivity contribution in [3.8, 4) is 0 Å². The van der Waals surface area contributed by atoms with E-state index in [4.69, 9.17) is 4.74 Å². The highest BCUT2D eigenvalue weighted by molar-refractivity contribution is 5.34. The molecule has 0 amide bonds. The molecule has 0 aromatic heterocycles. The summed E-state index contributed by atoms with van der Waals surface area (Å²) in [4.78, 5) is 0. The average molecular weight is 211 g/mol. The van der Waals surface area contributed by atoms with Crippen LogP contribution in [0.4, 0.5) is 4.39 Å². The minimum Gasteiger partial charge on any atom is -0.386 e. The summed E-state index contributed by atoms with van der Waals surface area (Å²) in [6, 6.07) is 4.75. The molecule has 1 aromatic rings. The molecule has 2 N–H and O–H groups in total. The van der Waals surface area contributed by atoms with Gasteiger partial charge in [0, 0.05) is 12.1 Å². The summed E-state index contributed by atoms with van der Waals surface area (Å²) in [5.74, 6) is -0.313. The number of likely N-dealkylation sites (N-methyl/N-ethyl adjacent to an activating group) is 1. The zero-order chi connectivity index (χ0) is 10.8. The van der Waals surface area contributed by atoms with Crippen molar-refractivity contribution in [2.45, 2.75) is 12.2 Å². The topological polar surface area (TPSA) is 41.5 Å². The van der Waals surface area contributed by atoms with Gasteiger partial charge in [0.15, 0.2) is 0 Å². The second-order valence-electron chi connectivity index (χ2n) is 3.64. The maximum Gasteiger partial charge on any atom is 0.129 e. The van der Waals surface area contributed by atoms with Gasteiger partial charge in [-0.05, 0) is 18.7 Å². The summed E-state index contributed by atoms with van der Waals surface area (Å²) in [6.07, 6.45) is -1.03. The van der Waals surface area contributed by atoms with Gasteiger partial charge in [-0.1, -0.05) is 12.1 Å². The van der Waals surface area contributed by atoms with E-state index < -0.39 is 6.10 Å². The van der Waals surface area contributed by atoms with E-state index in [2.05, 4.69) is 5.32 Å². The first kappa shape index (κ1) is 10.5. The fourth-order valence-electron chi connectivity index (χ4n) is 1.91. The molecule has 3 nitrogen and oxygen atoms in total. The Kier molecular flexibility index (Phi) is 3.00. The normalized spacial score (nSPS) is 25.0. The Labute approximate surface area is 87.9 Å². The minimum absolute atomic E-state index is 0.225. The quantitative estimate of drug-likeness (QED) is 0.771. The van der Waals surface area contributed by atoms with E-state index in [-0.39, 0.29) is 18.5 Å². The van der Waals surface area contributed by atoms with Crippen LogP contribution in [0, 0.1) is 5.82 Å². The number of hydrogen-bond acceptors (Lipinski definition) is 3. The summed E-state index contributed by atoms with van der Waals surface area (Å²) in [5.41, 5.74) is 1.12. The molecule has 0 spiro atoms. The summed E-state index contributed by atoms with van der Waals surface area (Å²) >= 11 is 0. The number of fused-ring (bicyclic) bond motifs is 1. The molecule has 4 heteroatoms. The summed E-state index contributed by atoms with van der Waals surface area (Å²) in [6.45, 7) is 0.767. The van der Waals surface area contributed by atoms with Gasteiger partial charge < -0.3 is 15.2 Å². The number of nitrogens with one attached hydrogen (secondary N) is 1. The maximum atomic E-state index is 13.6. The first-order valence-corrected chi connectivity index (χ1v) is 4.96. The van der Waals surface area contributed by atoms with Crippen LogP contribution in [-0.4, -0.2) is 25.3 Å². The molecular formula is C11H14FNO2. The molecule has 0 saturated carbocycles. The molecule has 0 bridgehead atoms. The highest BCUT2D eigenvalue weighted by Crippen LogP contribution is 2.33. The lowest BCUT2D eigenvalue weighted by Gasteiger charge is -2.29. The molecule has 2 rings (SSSR count). The molecule has 1 heterocycles. The van der Waals surface area contributed by atoms with Crippen molar-refractivity contribution >= 4 is 0 Å². The molecule has 0 saturated heterocycles.